The van der Waals surface area contributed by atoms with Gasteiger partial charge in [-0.25, -0.2) is 13.1 Å². The Bertz CT molecular complexity index is 576. The number of aromatic nitrogens is 1. The number of sulfonamides is 1. The van der Waals surface area contributed by atoms with Crippen LogP contribution in [0.3, 0.4) is 0 Å². The fourth-order valence-electron chi connectivity index (χ4n) is 2.36. The summed E-state index contributed by atoms with van der Waals surface area (Å²) in [6.07, 6.45) is 2.02. The number of hydrogen-bond donors (Lipinski definition) is 2. The van der Waals surface area contributed by atoms with E-state index in [4.69, 9.17) is 0 Å². The molecule has 0 saturated carbocycles. The molecule has 1 aliphatic rings. The summed E-state index contributed by atoms with van der Waals surface area (Å²) in [6.45, 7) is 3.79. The van der Waals surface area contributed by atoms with Gasteiger partial charge < -0.3 is 9.88 Å². The SMILES string of the molecule is CC1CN(C)CCC1NS(=O)(=O)c1ccc(=O)[nH]c1. The van der Waals surface area contributed by atoms with E-state index in [1.165, 1.54) is 18.3 Å². The predicted octanol–water partition coefficient (Wildman–Crippen LogP) is -0.00660. The maximum atomic E-state index is 12.2. The van der Waals surface area contributed by atoms with Crippen LogP contribution in [0.25, 0.3) is 0 Å². The zero-order valence-electron chi connectivity index (χ0n) is 11.1. The first-order valence-electron chi connectivity index (χ1n) is 6.28. The Hall–Kier alpha value is -1.18. The molecule has 2 atom stereocenters. The quantitative estimate of drug-likeness (QED) is 0.818. The molecule has 1 saturated heterocycles. The van der Waals surface area contributed by atoms with Crippen LogP contribution in [0.4, 0.5) is 0 Å². The maximum absolute atomic E-state index is 12.2. The molecule has 0 spiro atoms. The summed E-state index contributed by atoms with van der Waals surface area (Å²) in [5, 5.41) is 0. The van der Waals surface area contributed by atoms with Crippen LogP contribution >= 0.6 is 0 Å². The zero-order valence-corrected chi connectivity index (χ0v) is 11.9. The fourth-order valence-corrected chi connectivity index (χ4v) is 3.71. The van der Waals surface area contributed by atoms with Crippen LogP contribution in [0.2, 0.25) is 0 Å². The molecule has 0 aliphatic carbocycles. The second-order valence-corrected chi connectivity index (χ2v) is 6.86. The Kier molecular flexibility index (Phi) is 4.07. The summed E-state index contributed by atoms with van der Waals surface area (Å²) in [7, 11) is -1.53. The van der Waals surface area contributed by atoms with Crippen molar-refractivity contribution in [2.45, 2.75) is 24.3 Å². The van der Waals surface area contributed by atoms with Gasteiger partial charge in [0.25, 0.3) is 0 Å². The number of pyridine rings is 1. The number of nitrogens with zero attached hydrogens (tertiary/aromatic N) is 1. The number of rotatable bonds is 3. The van der Waals surface area contributed by atoms with E-state index in [0.29, 0.717) is 0 Å². The lowest BCUT2D eigenvalue weighted by Crippen LogP contribution is -2.48. The summed E-state index contributed by atoms with van der Waals surface area (Å²) in [6, 6.07) is 2.47. The Balaban J connectivity index is 2.13. The van der Waals surface area contributed by atoms with Crippen LogP contribution in [0.1, 0.15) is 13.3 Å². The normalized spacial score (nSPS) is 25.4. The summed E-state index contributed by atoms with van der Waals surface area (Å²) >= 11 is 0. The van der Waals surface area contributed by atoms with Crippen molar-refractivity contribution in [3.63, 3.8) is 0 Å². The van der Waals surface area contributed by atoms with E-state index in [0.717, 1.165) is 19.5 Å². The number of hydrogen-bond acceptors (Lipinski definition) is 4. The Morgan fingerprint density at radius 2 is 2.16 bits per heavy atom. The van der Waals surface area contributed by atoms with Crippen LogP contribution < -0.4 is 10.3 Å². The molecular weight excluding hydrogens is 266 g/mol. The molecule has 1 aromatic heterocycles. The Morgan fingerprint density at radius 3 is 2.74 bits per heavy atom. The molecule has 2 unspecified atom stereocenters. The van der Waals surface area contributed by atoms with Gasteiger partial charge in [-0.1, -0.05) is 6.92 Å². The maximum Gasteiger partial charge on any atom is 0.247 e. The van der Waals surface area contributed by atoms with Crippen LogP contribution in [-0.2, 0) is 10.0 Å². The first-order valence-corrected chi connectivity index (χ1v) is 7.76. The van der Waals surface area contributed by atoms with Crippen molar-refractivity contribution < 1.29 is 8.42 Å². The van der Waals surface area contributed by atoms with Crippen molar-refractivity contribution in [3.05, 3.63) is 28.7 Å². The largest absolute Gasteiger partial charge is 0.328 e. The molecule has 2 N–H and O–H groups in total. The van der Waals surface area contributed by atoms with Crippen LogP contribution in [0.5, 0.6) is 0 Å². The third-order valence-corrected chi connectivity index (χ3v) is 4.97. The number of piperidine rings is 1. The third kappa shape index (κ3) is 3.43. The lowest BCUT2D eigenvalue weighted by molar-refractivity contribution is 0.188. The Morgan fingerprint density at radius 1 is 1.42 bits per heavy atom. The van der Waals surface area contributed by atoms with Crippen LogP contribution in [0, 0.1) is 5.92 Å². The molecule has 1 aromatic rings. The Labute approximate surface area is 112 Å². The highest BCUT2D eigenvalue weighted by Gasteiger charge is 2.28. The number of nitrogens with one attached hydrogen (secondary N) is 2. The molecule has 2 heterocycles. The summed E-state index contributed by atoms with van der Waals surface area (Å²) in [5.41, 5.74) is -0.313. The third-order valence-electron chi connectivity index (χ3n) is 3.48. The minimum Gasteiger partial charge on any atom is -0.328 e. The second-order valence-electron chi connectivity index (χ2n) is 5.14. The molecule has 7 heteroatoms. The molecular formula is C12H19N3O3S. The fraction of sp³-hybridized carbons (Fsp3) is 0.583. The highest BCUT2D eigenvalue weighted by molar-refractivity contribution is 7.89. The summed E-state index contributed by atoms with van der Waals surface area (Å²) in [5.74, 6) is 0.260. The molecule has 2 rings (SSSR count). The van der Waals surface area contributed by atoms with E-state index in [2.05, 4.69) is 14.6 Å². The van der Waals surface area contributed by atoms with Gasteiger partial charge in [0.15, 0.2) is 0 Å². The highest BCUT2D eigenvalue weighted by Crippen LogP contribution is 2.18. The van der Waals surface area contributed by atoms with Gasteiger partial charge in [-0.3, -0.25) is 4.79 Å². The summed E-state index contributed by atoms with van der Waals surface area (Å²) < 4.78 is 27.1. The van der Waals surface area contributed by atoms with Gasteiger partial charge in [-0.2, -0.15) is 0 Å². The number of likely N-dealkylation sites (tertiary alicyclic amines) is 1. The van der Waals surface area contributed by atoms with Gasteiger partial charge in [0.1, 0.15) is 0 Å². The van der Waals surface area contributed by atoms with E-state index in [1.54, 1.807) is 0 Å². The van der Waals surface area contributed by atoms with Gasteiger partial charge >= 0.3 is 0 Å². The van der Waals surface area contributed by atoms with Crippen LogP contribution in [0.15, 0.2) is 28.0 Å². The second kappa shape index (κ2) is 5.44. The minimum atomic E-state index is -3.57. The monoisotopic (exact) mass is 285 g/mol. The van der Waals surface area contributed by atoms with Crippen molar-refractivity contribution >= 4 is 10.0 Å². The molecule has 0 aromatic carbocycles. The smallest absolute Gasteiger partial charge is 0.247 e. The van der Waals surface area contributed by atoms with Gasteiger partial charge in [-0.15, -0.1) is 0 Å². The van der Waals surface area contributed by atoms with Crippen molar-refractivity contribution in [2.24, 2.45) is 5.92 Å². The van der Waals surface area contributed by atoms with E-state index in [-0.39, 0.29) is 22.4 Å². The van der Waals surface area contributed by atoms with E-state index < -0.39 is 10.0 Å². The first kappa shape index (κ1) is 14.2. The topological polar surface area (TPSA) is 82.3 Å². The molecule has 0 radical (unpaired) electrons. The van der Waals surface area contributed by atoms with Gasteiger partial charge in [0, 0.05) is 24.8 Å². The van der Waals surface area contributed by atoms with Gasteiger partial charge in [0.05, 0.1) is 4.90 Å². The molecule has 106 valence electrons. The minimum absolute atomic E-state index is 0.0619. The lowest BCUT2D eigenvalue weighted by atomic mass is 9.95. The molecule has 6 nitrogen and oxygen atoms in total. The number of H-pyrrole nitrogens is 1. The standard InChI is InChI=1S/C12H19N3O3S/c1-9-8-15(2)6-5-11(9)14-19(17,18)10-3-4-12(16)13-7-10/h3-4,7,9,11,14H,5-6,8H2,1-2H3,(H,13,16). The molecule has 0 amide bonds. The molecule has 1 aliphatic heterocycles. The van der Waals surface area contributed by atoms with E-state index in [1.807, 2.05) is 14.0 Å². The average Bonchev–Trinajstić information content (AvgIpc) is 2.33. The summed E-state index contributed by atoms with van der Waals surface area (Å²) in [4.78, 5) is 15.6. The average molecular weight is 285 g/mol. The molecule has 0 bridgehead atoms. The lowest BCUT2D eigenvalue weighted by Gasteiger charge is -2.34. The first-order chi connectivity index (χ1) is 8.88. The van der Waals surface area contributed by atoms with Gasteiger partial charge in [-0.05, 0) is 32.0 Å². The van der Waals surface area contributed by atoms with Crippen LogP contribution in [-0.4, -0.2) is 44.5 Å². The highest BCUT2D eigenvalue weighted by atomic mass is 32.2. The molecule has 19 heavy (non-hydrogen) atoms. The van der Waals surface area contributed by atoms with Crippen molar-refractivity contribution in [1.82, 2.24) is 14.6 Å². The van der Waals surface area contributed by atoms with E-state index in [9.17, 15) is 13.2 Å². The van der Waals surface area contributed by atoms with Gasteiger partial charge in [0.2, 0.25) is 15.6 Å². The predicted molar refractivity (Wildman–Crippen MR) is 72.5 cm³/mol. The van der Waals surface area contributed by atoms with Crippen molar-refractivity contribution in [2.75, 3.05) is 20.1 Å². The van der Waals surface area contributed by atoms with Crippen molar-refractivity contribution in [3.8, 4) is 0 Å². The zero-order chi connectivity index (χ0) is 14.0. The van der Waals surface area contributed by atoms with Crippen molar-refractivity contribution in [1.29, 1.82) is 0 Å². The number of aromatic amines is 1. The van der Waals surface area contributed by atoms with E-state index >= 15 is 0 Å². The molecule has 1 fully saturated rings.